The van der Waals surface area contributed by atoms with E-state index < -0.39 is 5.97 Å². The fourth-order valence-corrected chi connectivity index (χ4v) is 2.27. The summed E-state index contributed by atoms with van der Waals surface area (Å²) in [6.07, 6.45) is 4.96. The minimum absolute atomic E-state index is 0.0154. The lowest BCUT2D eigenvalue weighted by atomic mass is 9.98. The molecular formula is C14H24N2O3. The van der Waals surface area contributed by atoms with Gasteiger partial charge in [0, 0.05) is 18.8 Å². The smallest absolute Gasteiger partial charge is 0.303 e. The third-order valence-corrected chi connectivity index (χ3v) is 3.15. The average molecular weight is 268 g/mol. The summed E-state index contributed by atoms with van der Waals surface area (Å²) in [5.74, 6) is 0.830. The van der Waals surface area contributed by atoms with Gasteiger partial charge in [-0.15, -0.1) is 10.2 Å². The van der Waals surface area contributed by atoms with E-state index in [1.54, 1.807) is 0 Å². The van der Waals surface area contributed by atoms with Gasteiger partial charge in [0.25, 0.3) is 0 Å². The second-order valence-corrected chi connectivity index (χ2v) is 5.22. The molecule has 0 aliphatic carbocycles. The minimum Gasteiger partial charge on any atom is -0.481 e. The van der Waals surface area contributed by atoms with Crippen LogP contribution in [0.2, 0.25) is 0 Å². The van der Waals surface area contributed by atoms with Crippen molar-refractivity contribution in [1.82, 2.24) is 10.2 Å². The molecule has 1 N–H and O–H groups in total. The molecule has 5 heteroatoms. The van der Waals surface area contributed by atoms with Gasteiger partial charge >= 0.3 is 5.97 Å². The molecule has 0 saturated heterocycles. The molecule has 0 aliphatic heterocycles. The van der Waals surface area contributed by atoms with Gasteiger partial charge in [0.1, 0.15) is 0 Å². The van der Waals surface area contributed by atoms with Crippen molar-refractivity contribution in [1.29, 1.82) is 0 Å². The van der Waals surface area contributed by atoms with Crippen molar-refractivity contribution in [3.8, 4) is 0 Å². The van der Waals surface area contributed by atoms with E-state index in [9.17, 15) is 4.79 Å². The number of hydrogen-bond acceptors (Lipinski definition) is 4. The Hall–Kier alpha value is -1.39. The maximum Gasteiger partial charge on any atom is 0.303 e. The van der Waals surface area contributed by atoms with Crippen molar-refractivity contribution in [2.75, 3.05) is 0 Å². The summed E-state index contributed by atoms with van der Waals surface area (Å²) >= 11 is 0. The summed E-state index contributed by atoms with van der Waals surface area (Å²) in [7, 11) is 0. The molecule has 0 aliphatic rings. The number of carboxylic acid groups (broad SMARTS) is 1. The van der Waals surface area contributed by atoms with Crippen LogP contribution in [0.15, 0.2) is 4.42 Å². The van der Waals surface area contributed by atoms with Crippen LogP contribution >= 0.6 is 0 Å². The van der Waals surface area contributed by atoms with Crippen molar-refractivity contribution >= 4 is 5.97 Å². The highest BCUT2D eigenvalue weighted by molar-refractivity contribution is 5.66. The number of carbonyl (C=O) groups is 1. The first-order chi connectivity index (χ1) is 9.06. The molecule has 0 radical (unpaired) electrons. The SMILES string of the molecule is CCCC(CCC)c1nnc(CC(C)CC(=O)O)o1. The van der Waals surface area contributed by atoms with Gasteiger partial charge in [0.15, 0.2) is 0 Å². The number of carboxylic acids is 1. The molecule has 1 aromatic rings. The topological polar surface area (TPSA) is 76.2 Å². The Labute approximate surface area is 114 Å². The molecule has 1 atom stereocenters. The first kappa shape index (κ1) is 15.7. The van der Waals surface area contributed by atoms with E-state index in [0.717, 1.165) is 25.7 Å². The molecule has 0 spiro atoms. The van der Waals surface area contributed by atoms with E-state index in [0.29, 0.717) is 24.1 Å². The molecular weight excluding hydrogens is 244 g/mol. The van der Waals surface area contributed by atoms with Crippen molar-refractivity contribution < 1.29 is 14.3 Å². The summed E-state index contributed by atoms with van der Waals surface area (Å²) in [5, 5.41) is 16.9. The monoisotopic (exact) mass is 268 g/mol. The fourth-order valence-electron chi connectivity index (χ4n) is 2.27. The normalized spacial score (nSPS) is 12.8. The average Bonchev–Trinajstić information content (AvgIpc) is 2.76. The van der Waals surface area contributed by atoms with Crippen molar-refractivity contribution in [2.45, 2.75) is 65.2 Å². The van der Waals surface area contributed by atoms with E-state index in [1.165, 1.54) is 0 Å². The van der Waals surface area contributed by atoms with E-state index in [2.05, 4.69) is 24.0 Å². The third-order valence-electron chi connectivity index (χ3n) is 3.15. The van der Waals surface area contributed by atoms with E-state index in [-0.39, 0.29) is 12.3 Å². The highest BCUT2D eigenvalue weighted by Gasteiger charge is 2.18. The standard InChI is InChI=1S/C14H24N2O3/c1-4-6-11(7-5-2)14-16-15-12(19-14)8-10(3)9-13(17)18/h10-11H,4-9H2,1-3H3,(H,17,18). The summed E-state index contributed by atoms with van der Waals surface area (Å²) in [6, 6.07) is 0. The Bertz CT molecular complexity index is 384. The molecule has 0 amide bonds. The number of aromatic nitrogens is 2. The number of rotatable bonds is 9. The van der Waals surface area contributed by atoms with Crippen LogP contribution in [0.3, 0.4) is 0 Å². The lowest BCUT2D eigenvalue weighted by Gasteiger charge is -2.09. The minimum atomic E-state index is -0.790. The van der Waals surface area contributed by atoms with Gasteiger partial charge in [-0.3, -0.25) is 4.79 Å². The molecule has 0 bridgehead atoms. The fraction of sp³-hybridized carbons (Fsp3) is 0.786. The largest absolute Gasteiger partial charge is 0.481 e. The molecule has 1 heterocycles. The Morgan fingerprint density at radius 1 is 1.26 bits per heavy atom. The Balaban J connectivity index is 2.61. The highest BCUT2D eigenvalue weighted by atomic mass is 16.4. The third kappa shape index (κ3) is 5.41. The first-order valence-electron chi connectivity index (χ1n) is 7.10. The molecule has 1 aromatic heterocycles. The highest BCUT2D eigenvalue weighted by Crippen LogP contribution is 2.25. The van der Waals surface area contributed by atoms with E-state index in [1.807, 2.05) is 6.92 Å². The van der Waals surface area contributed by atoms with Crippen LogP contribution in [0.5, 0.6) is 0 Å². The van der Waals surface area contributed by atoms with Crippen molar-refractivity contribution in [3.05, 3.63) is 11.8 Å². The molecule has 19 heavy (non-hydrogen) atoms. The predicted octanol–water partition coefficient (Wildman–Crippen LogP) is 3.41. The molecule has 0 saturated carbocycles. The maximum absolute atomic E-state index is 10.6. The summed E-state index contributed by atoms with van der Waals surface area (Å²) in [6.45, 7) is 6.18. The number of hydrogen-bond donors (Lipinski definition) is 1. The van der Waals surface area contributed by atoms with Gasteiger partial charge in [0.05, 0.1) is 0 Å². The van der Waals surface area contributed by atoms with Gasteiger partial charge < -0.3 is 9.52 Å². The number of nitrogens with zero attached hydrogens (tertiary/aromatic N) is 2. The Morgan fingerprint density at radius 3 is 2.42 bits per heavy atom. The van der Waals surface area contributed by atoms with E-state index >= 15 is 0 Å². The van der Waals surface area contributed by atoms with Crippen molar-refractivity contribution in [3.63, 3.8) is 0 Å². The van der Waals surface area contributed by atoms with Crippen LogP contribution in [0.1, 0.15) is 70.6 Å². The lowest BCUT2D eigenvalue weighted by molar-refractivity contribution is -0.137. The van der Waals surface area contributed by atoms with Gasteiger partial charge in [-0.05, 0) is 18.8 Å². The van der Waals surface area contributed by atoms with Crippen molar-refractivity contribution in [2.24, 2.45) is 5.92 Å². The summed E-state index contributed by atoms with van der Waals surface area (Å²) in [4.78, 5) is 10.6. The van der Waals surface area contributed by atoms with Crippen LogP contribution in [-0.4, -0.2) is 21.3 Å². The molecule has 0 fully saturated rings. The lowest BCUT2D eigenvalue weighted by Crippen LogP contribution is -2.07. The van der Waals surface area contributed by atoms with Gasteiger partial charge in [-0.25, -0.2) is 0 Å². The van der Waals surface area contributed by atoms with Crippen LogP contribution in [-0.2, 0) is 11.2 Å². The molecule has 108 valence electrons. The van der Waals surface area contributed by atoms with E-state index in [4.69, 9.17) is 9.52 Å². The van der Waals surface area contributed by atoms with Gasteiger partial charge in [-0.2, -0.15) is 0 Å². The maximum atomic E-state index is 10.6. The first-order valence-corrected chi connectivity index (χ1v) is 7.10. The quantitative estimate of drug-likeness (QED) is 0.742. The Morgan fingerprint density at radius 2 is 1.89 bits per heavy atom. The zero-order chi connectivity index (χ0) is 14.3. The van der Waals surface area contributed by atoms with Crippen LogP contribution in [0.4, 0.5) is 0 Å². The number of aliphatic carboxylic acids is 1. The van der Waals surface area contributed by atoms with Crippen LogP contribution < -0.4 is 0 Å². The summed E-state index contributed by atoms with van der Waals surface area (Å²) < 4.78 is 5.69. The molecule has 1 rings (SSSR count). The van der Waals surface area contributed by atoms with Crippen LogP contribution in [0.25, 0.3) is 0 Å². The Kier molecular flexibility index (Phi) is 6.53. The zero-order valence-corrected chi connectivity index (χ0v) is 12.1. The molecule has 0 aromatic carbocycles. The van der Waals surface area contributed by atoms with Crippen LogP contribution in [0, 0.1) is 5.92 Å². The molecule has 1 unspecified atom stereocenters. The molecule has 5 nitrogen and oxygen atoms in total. The zero-order valence-electron chi connectivity index (χ0n) is 12.1. The second-order valence-electron chi connectivity index (χ2n) is 5.22. The summed E-state index contributed by atoms with van der Waals surface area (Å²) in [5.41, 5.74) is 0. The second kappa shape index (κ2) is 7.92. The predicted molar refractivity (Wildman–Crippen MR) is 72.0 cm³/mol. The van der Waals surface area contributed by atoms with Gasteiger partial charge in [0.2, 0.25) is 11.8 Å². The van der Waals surface area contributed by atoms with Gasteiger partial charge in [-0.1, -0.05) is 33.6 Å².